The van der Waals surface area contributed by atoms with Crippen LogP contribution in [0.3, 0.4) is 0 Å². The van der Waals surface area contributed by atoms with Crippen LogP contribution < -0.4 is 4.90 Å². The maximum Gasteiger partial charge on any atom is 0.340 e. The third-order valence-electron chi connectivity index (χ3n) is 5.05. The van der Waals surface area contributed by atoms with E-state index in [1.807, 2.05) is 55.5 Å². The van der Waals surface area contributed by atoms with Crippen molar-refractivity contribution < 1.29 is 14.3 Å². The molecule has 1 aromatic heterocycles. The van der Waals surface area contributed by atoms with Crippen LogP contribution in [0.5, 0.6) is 0 Å². The maximum absolute atomic E-state index is 12.7. The summed E-state index contributed by atoms with van der Waals surface area (Å²) < 4.78 is 5.36. The number of esters is 1. The molecule has 0 atom stereocenters. The van der Waals surface area contributed by atoms with Crippen molar-refractivity contribution in [3.63, 3.8) is 0 Å². The van der Waals surface area contributed by atoms with Gasteiger partial charge in [-0.1, -0.05) is 36.4 Å². The predicted molar refractivity (Wildman–Crippen MR) is 104 cm³/mol. The molecule has 4 rings (SSSR count). The van der Waals surface area contributed by atoms with Crippen LogP contribution in [0.2, 0.25) is 0 Å². The maximum atomic E-state index is 12.7. The minimum absolute atomic E-state index is 0.211. The molecule has 0 spiro atoms. The molecule has 27 heavy (non-hydrogen) atoms. The number of carbonyl (C=O) groups is 2. The van der Waals surface area contributed by atoms with Gasteiger partial charge in [-0.2, -0.15) is 0 Å². The summed E-state index contributed by atoms with van der Waals surface area (Å²) in [6.07, 6.45) is 0.822. The molecular weight excluding hydrogens is 340 g/mol. The molecule has 5 heteroatoms. The minimum atomic E-state index is -0.510. The number of rotatable bonds is 3. The van der Waals surface area contributed by atoms with Crippen LogP contribution in [0.25, 0.3) is 10.9 Å². The number of anilines is 1. The third-order valence-corrected chi connectivity index (χ3v) is 5.05. The average molecular weight is 360 g/mol. The first-order chi connectivity index (χ1) is 13.1. The first-order valence-electron chi connectivity index (χ1n) is 8.97. The monoisotopic (exact) mass is 360 g/mol. The molecule has 0 saturated carbocycles. The highest BCUT2D eigenvalue weighted by Crippen LogP contribution is 2.28. The standard InChI is InChI=1S/C22H20N2O3/c1-14-17-8-4-5-9-18(17)23-15(2)21(14)22(26)27-13-20(25)24-12-11-16-7-3-6-10-19(16)24/h3-10H,11-13H2,1-2H3. The number of carbonyl (C=O) groups excluding carboxylic acids is 2. The van der Waals surface area contributed by atoms with Gasteiger partial charge in [0.2, 0.25) is 0 Å². The molecule has 2 aromatic carbocycles. The molecule has 1 aliphatic rings. The molecule has 2 heterocycles. The summed E-state index contributed by atoms with van der Waals surface area (Å²) in [5.74, 6) is -0.721. The Balaban J connectivity index is 1.52. The van der Waals surface area contributed by atoms with E-state index in [1.165, 1.54) is 0 Å². The summed E-state index contributed by atoms with van der Waals surface area (Å²) in [5.41, 5.74) is 4.75. The summed E-state index contributed by atoms with van der Waals surface area (Å²) in [7, 11) is 0. The van der Waals surface area contributed by atoms with Crippen LogP contribution in [0.15, 0.2) is 48.5 Å². The second kappa shape index (κ2) is 6.83. The van der Waals surface area contributed by atoms with Crippen molar-refractivity contribution in [2.24, 2.45) is 0 Å². The topological polar surface area (TPSA) is 59.5 Å². The van der Waals surface area contributed by atoms with Crippen LogP contribution in [0.4, 0.5) is 5.69 Å². The highest BCUT2D eigenvalue weighted by Gasteiger charge is 2.26. The number of pyridine rings is 1. The zero-order valence-electron chi connectivity index (χ0n) is 15.4. The molecule has 0 N–H and O–H groups in total. The Hall–Kier alpha value is -3.21. The van der Waals surface area contributed by atoms with Crippen LogP contribution in [-0.2, 0) is 16.0 Å². The summed E-state index contributed by atoms with van der Waals surface area (Å²) in [6.45, 7) is 4.00. The lowest BCUT2D eigenvalue weighted by atomic mass is 10.0. The average Bonchev–Trinajstić information content (AvgIpc) is 3.10. The number of benzene rings is 2. The Bertz CT molecular complexity index is 1060. The van der Waals surface area contributed by atoms with E-state index in [4.69, 9.17) is 4.74 Å². The number of aromatic nitrogens is 1. The highest BCUT2D eigenvalue weighted by atomic mass is 16.5. The largest absolute Gasteiger partial charge is 0.452 e. The van der Waals surface area contributed by atoms with Crippen molar-refractivity contribution in [1.29, 1.82) is 0 Å². The van der Waals surface area contributed by atoms with Crippen molar-refractivity contribution >= 4 is 28.5 Å². The molecule has 1 aliphatic heterocycles. The van der Waals surface area contributed by atoms with Gasteiger partial charge < -0.3 is 9.64 Å². The Labute approximate surface area is 157 Å². The van der Waals surface area contributed by atoms with E-state index in [2.05, 4.69) is 4.98 Å². The number of para-hydroxylation sites is 2. The molecule has 0 aliphatic carbocycles. The van der Waals surface area contributed by atoms with Crippen molar-refractivity contribution in [2.75, 3.05) is 18.1 Å². The molecule has 3 aromatic rings. The van der Waals surface area contributed by atoms with Crippen LogP contribution >= 0.6 is 0 Å². The molecule has 0 radical (unpaired) electrons. The fraction of sp³-hybridized carbons (Fsp3) is 0.227. The number of amides is 1. The number of ether oxygens (including phenoxy) is 1. The molecule has 5 nitrogen and oxygen atoms in total. The molecule has 0 saturated heterocycles. The Morgan fingerprint density at radius 3 is 2.67 bits per heavy atom. The first kappa shape index (κ1) is 17.2. The van der Waals surface area contributed by atoms with Gasteiger partial charge in [0.05, 0.1) is 16.8 Å². The minimum Gasteiger partial charge on any atom is -0.452 e. The number of hydrogen-bond acceptors (Lipinski definition) is 4. The van der Waals surface area contributed by atoms with Gasteiger partial charge in [0, 0.05) is 17.6 Å². The van der Waals surface area contributed by atoms with Crippen LogP contribution in [-0.4, -0.2) is 30.0 Å². The Kier molecular flexibility index (Phi) is 4.36. The van der Waals surface area contributed by atoms with E-state index in [0.717, 1.165) is 34.1 Å². The van der Waals surface area contributed by atoms with E-state index >= 15 is 0 Å². The smallest absolute Gasteiger partial charge is 0.340 e. The van der Waals surface area contributed by atoms with E-state index in [1.54, 1.807) is 11.8 Å². The van der Waals surface area contributed by atoms with Crippen molar-refractivity contribution in [3.8, 4) is 0 Å². The number of aryl methyl sites for hydroxylation is 2. The van der Waals surface area contributed by atoms with E-state index in [0.29, 0.717) is 17.8 Å². The summed E-state index contributed by atoms with van der Waals surface area (Å²) in [4.78, 5) is 31.4. The second-order valence-corrected chi connectivity index (χ2v) is 6.71. The fourth-order valence-electron chi connectivity index (χ4n) is 3.71. The third kappa shape index (κ3) is 3.05. The van der Waals surface area contributed by atoms with Gasteiger partial charge in [0.1, 0.15) is 0 Å². The summed E-state index contributed by atoms with van der Waals surface area (Å²) in [6, 6.07) is 15.5. The molecular formula is C22H20N2O3. The normalized spacial score (nSPS) is 12.9. The zero-order chi connectivity index (χ0) is 19.0. The molecule has 0 bridgehead atoms. The van der Waals surface area contributed by atoms with Gasteiger partial charge in [0.25, 0.3) is 5.91 Å². The SMILES string of the molecule is Cc1nc2ccccc2c(C)c1C(=O)OCC(=O)N1CCc2ccccc21. The summed E-state index contributed by atoms with van der Waals surface area (Å²) >= 11 is 0. The summed E-state index contributed by atoms with van der Waals surface area (Å²) in [5, 5.41) is 0.912. The van der Waals surface area contributed by atoms with Crippen LogP contribution in [0.1, 0.15) is 27.2 Å². The number of fused-ring (bicyclic) bond motifs is 2. The van der Waals surface area contributed by atoms with E-state index in [9.17, 15) is 9.59 Å². The second-order valence-electron chi connectivity index (χ2n) is 6.71. The Morgan fingerprint density at radius 1 is 1.07 bits per heavy atom. The van der Waals surface area contributed by atoms with E-state index < -0.39 is 5.97 Å². The molecule has 136 valence electrons. The number of nitrogens with zero attached hydrogens (tertiary/aromatic N) is 2. The first-order valence-corrected chi connectivity index (χ1v) is 8.97. The lowest BCUT2D eigenvalue weighted by Crippen LogP contribution is -2.33. The van der Waals surface area contributed by atoms with Crippen LogP contribution in [0, 0.1) is 13.8 Å². The number of hydrogen-bond donors (Lipinski definition) is 0. The van der Waals surface area contributed by atoms with E-state index in [-0.39, 0.29) is 12.5 Å². The van der Waals surface area contributed by atoms with Crippen molar-refractivity contribution in [1.82, 2.24) is 4.98 Å². The van der Waals surface area contributed by atoms with Gasteiger partial charge in [-0.15, -0.1) is 0 Å². The molecule has 0 unspecified atom stereocenters. The van der Waals surface area contributed by atoms with Gasteiger partial charge in [-0.25, -0.2) is 4.79 Å². The van der Waals surface area contributed by atoms with Crippen molar-refractivity contribution in [3.05, 3.63) is 70.9 Å². The predicted octanol–water partition coefficient (Wildman–Crippen LogP) is 3.60. The lowest BCUT2D eigenvalue weighted by Gasteiger charge is -2.18. The van der Waals surface area contributed by atoms with Crippen molar-refractivity contribution in [2.45, 2.75) is 20.3 Å². The highest BCUT2D eigenvalue weighted by molar-refractivity contribution is 6.01. The van der Waals surface area contributed by atoms with Gasteiger partial charge in [-0.05, 0) is 43.5 Å². The van der Waals surface area contributed by atoms with Gasteiger partial charge in [0.15, 0.2) is 6.61 Å². The van der Waals surface area contributed by atoms with Gasteiger partial charge in [-0.3, -0.25) is 9.78 Å². The zero-order valence-corrected chi connectivity index (χ0v) is 15.4. The Morgan fingerprint density at radius 2 is 1.81 bits per heavy atom. The fourth-order valence-corrected chi connectivity index (χ4v) is 3.71. The van der Waals surface area contributed by atoms with Gasteiger partial charge >= 0.3 is 5.97 Å². The molecule has 0 fully saturated rings. The lowest BCUT2D eigenvalue weighted by molar-refractivity contribution is -0.121. The quantitative estimate of drug-likeness (QED) is 0.670. The molecule has 1 amide bonds.